The van der Waals surface area contributed by atoms with Crippen LogP contribution >= 0.6 is 11.6 Å². The van der Waals surface area contributed by atoms with Crippen molar-refractivity contribution in [2.45, 2.75) is 43.7 Å². The smallest absolute Gasteiger partial charge is 0.175 e. The Bertz CT molecular complexity index is 594. The van der Waals surface area contributed by atoms with Crippen LogP contribution in [0.1, 0.15) is 26.7 Å². The van der Waals surface area contributed by atoms with E-state index >= 15 is 0 Å². The molecule has 1 saturated heterocycles. The standard InChI is InChI=1S/C15H23ClN2O2S/c1-11(2)18-8-6-12(7-9-18)17-15-10-13(21(3,19)20)4-5-14(15)16/h4-5,10-12,17H,6-9H2,1-3H3. The quantitative estimate of drug-likeness (QED) is 0.922. The molecule has 0 aliphatic carbocycles. The first-order valence-corrected chi connectivity index (χ1v) is 9.54. The fourth-order valence-corrected chi connectivity index (χ4v) is 3.45. The molecule has 6 heteroatoms. The Kier molecular flexibility index (Phi) is 5.17. The number of rotatable bonds is 4. The van der Waals surface area contributed by atoms with Crippen LogP contribution in [-0.4, -0.2) is 44.7 Å². The maximum Gasteiger partial charge on any atom is 0.175 e. The molecule has 1 heterocycles. The van der Waals surface area contributed by atoms with Crippen LogP contribution < -0.4 is 5.32 Å². The third-order valence-corrected chi connectivity index (χ3v) is 5.43. The van der Waals surface area contributed by atoms with Crippen LogP contribution in [0.5, 0.6) is 0 Å². The lowest BCUT2D eigenvalue weighted by Gasteiger charge is -2.35. The van der Waals surface area contributed by atoms with Gasteiger partial charge >= 0.3 is 0 Å². The van der Waals surface area contributed by atoms with Crippen LogP contribution in [0.3, 0.4) is 0 Å². The van der Waals surface area contributed by atoms with Gasteiger partial charge in [0, 0.05) is 31.4 Å². The summed E-state index contributed by atoms with van der Waals surface area (Å²) >= 11 is 6.18. The van der Waals surface area contributed by atoms with E-state index in [1.165, 1.54) is 6.26 Å². The predicted molar refractivity (Wildman–Crippen MR) is 87.9 cm³/mol. The number of hydrogen-bond donors (Lipinski definition) is 1. The average Bonchev–Trinajstić information content (AvgIpc) is 2.40. The van der Waals surface area contributed by atoms with Gasteiger partial charge in [0.15, 0.2) is 9.84 Å². The molecule has 2 rings (SSSR count). The second-order valence-corrected chi connectivity index (χ2v) is 8.39. The van der Waals surface area contributed by atoms with Crippen LogP contribution in [0.4, 0.5) is 5.69 Å². The zero-order valence-electron chi connectivity index (χ0n) is 12.8. The van der Waals surface area contributed by atoms with Gasteiger partial charge < -0.3 is 10.2 Å². The van der Waals surface area contributed by atoms with Gasteiger partial charge in [0.25, 0.3) is 0 Å². The summed E-state index contributed by atoms with van der Waals surface area (Å²) in [6.45, 7) is 6.53. The summed E-state index contributed by atoms with van der Waals surface area (Å²) in [7, 11) is -3.21. The number of nitrogens with one attached hydrogen (secondary N) is 1. The van der Waals surface area contributed by atoms with E-state index in [0.717, 1.165) is 25.9 Å². The van der Waals surface area contributed by atoms with Crippen LogP contribution in [0.15, 0.2) is 23.1 Å². The van der Waals surface area contributed by atoms with Crippen molar-refractivity contribution in [2.75, 3.05) is 24.7 Å². The molecule has 1 fully saturated rings. The second kappa shape index (κ2) is 6.55. The van der Waals surface area contributed by atoms with Gasteiger partial charge in [-0.05, 0) is 44.9 Å². The highest BCUT2D eigenvalue weighted by Gasteiger charge is 2.21. The van der Waals surface area contributed by atoms with Gasteiger partial charge in [-0.2, -0.15) is 0 Å². The summed E-state index contributed by atoms with van der Waals surface area (Å²) < 4.78 is 23.3. The topological polar surface area (TPSA) is 49.4 Å². The average molecular weight is 331 g/mol. The maximum absolute atomic E-state index is 11.6. The number of piperidine rings is 1. The van der Waals surface area contributed by atoms with Crippen LogP contribution in [0.2, 0.25) is 5.02 Å². The molecule has 118 valence electrons. The number of benzene rings is 1. The van der Waals surface area contributed by atoms with E-state index in [0.29, 0.717) is 27.7 Å². The third-order valence-electron chi connectivity index (χ3n) is 3.99. The largest absolute Gasteiger partial charge is 0.381 e. The summed E-state index contributed by atoms with van der Waals surface area (Å²) in [4.78, 5) is 2.75. The van der Waals surface area contributed by atoms with Gasteiger partial charge in [-0.1, -0.05) is 11.6 Å². The molecule has 4 nitrogen and oxygen atoms in total. The third kappa shape index (κ3) is 4.34. The fourth-order valence-electron chi connectivity index (χ4n) is 2.63. The van der Waals surface area contributed by atoms with E-state index in [4.69, 9.17) is 11.6 Å². The fraction of sp³-hybridized carbons (Fsp3) is 0.600. The predicted octanol–water partition coefficient (Wildman–Crippen LogP) is 3.03. The van der Waals surface area contributed by atoms with Crippen molar-refractivity contribution in [1.82, 2.24) is 4.90 Å². The van der Waals surface area contributed by atoms with E-state index in [9.17, 15) is 8.42 Å². The molecule has 21 heavy (non-hydrogen) atoms. The molecule has 0 saturated carbocycles. The number of likely N-dealkylation sites (tertiary alicyclic amines) is 1. The van der Waals surface area contributed by atoms with Crippen molar-refractivity contribution < 1.29 is 8.42 Å². The normalized spacial score (nSPS) is 18.1. The van der Waals surface area contributed by atoms with Crippen LogP contribution in [0.25, 0.3) is 0 Å². The Hall–Kier alpha value is -0.780. The maximum atomic E-state index is 11.6. The van der Waals surface area contributed by atoms with E-state index in [1.807, 2.05) is 0 Å². The lowest BCUT2D eigenvalue weighted by atomic mass is 10.0. The Morgan fingerprint density at radius 2 is 1.90 bits per heavy atom. The van der Waals surface area contributed by atoms with Crippen LogP contribution in [-0.2, 0) is 9.84 Å². The molecule has 0 unspecified atom stereocenters. The molecule has 0 spiro atoms. The summed E-state index contributed by atoms with van der Waals surface area (Å²) in [6.07, 6.45) is 3.29. The molecule has 1 N–H and O–H groups in total. The molecule has 0 bridgehead atoms. The molecule has 0 aromatic heterocycles. The number of hydrogen-bond acceptors (Lipinski definition) is 4. The monoisotopic (exact) mass is 330 g/mol. The van der Waals surface area contributed by atoms with Gasteiger partial charge in [-0.25, -0.2) is 8.42 Å². The van der Waals surface area contributed by atoms with E-state index < -0.39 is 9.84 Å². The first kappa shape index (κ1) is 16.6. The van der Waals surface area contributed by atoms with Gasteiger partial charge in [0.2, 0.25) is 0 Å². The van der Waals surface area contributed by atoms with Gasteiger partial charge in [-0.15, -0.1) is 0 Å². The Morgan fingerprint density at radius 1 is 1.29 bits per heavy atom. The van der Waals surface area contributed by atoms with Crippen molar-refractivity contribution in [2.24, 2.45) is 0 Å². The zero-order chi connectivity index (χ0) is 15.6. The van der Waals surface area contributed by atoms with Crippen molar-refractivity contribution in [3.05, 3.63) is 23.2 Å². The van der Waals surface area contributed by atoms with Crippen molar-refractivity contribution >= 4 is 27.1 Å². The molecule has 0 amide bonds. The molecular weight excluding hydrogens is 308 g/mol. The highest BCUT2D eigenvalue weighted by atomic mass is 35.5. The SMILES string of the molecule is CC(C)N1CCC(Nc2cc(S(C)(=O)=O)ccc2Cl)CC1. The minimum Gasteiger partial charge on any atom is -0.381 e. The summed E-state index contributed by atoms with van der Waals surface area (Å²) in [5.41, 5.74) is 0.711. The van der Waals surface area contributed by atoms with Crippen molar-refractivity contribution in [3.8, 4) is 0 Å². The molecule has 1 aliphatic heterocycles. The number of nitrogens with zero attached hydrogens (tertiary/aromatic N) is 1. The van der Waals surface area contributed by atoms with E-state index in [-0.39, 0.29) is 0 Å². The Balaban J connectivity index is 2.07. The minimum absolute atomic E-state index is 0.300. The van der Waals surface area contributed by atoms with Gasteiger partial charge in [0.05, 0.1) is 15.6 Å². The molecule has 0 radical (unpaired) electrons. The molecule has 1 aliphatic rings. The summed E-state index contributed by atoms with van der Waals surface area (Å²) in [6, 6.07) is 5.73. The van der Waals surface area contributed by atoms with Gasteiger partial charge in [-0.3, -0.25) is 0 Å². The molecular formula is C15H23ClN2O2S. The molecule has 1 aromatic rings. The first-order chi connectivity index (χ1) is 9.77. The van der Waals surface area contributed by atoms with E-state index in [2.05, 4.69) is 24.1 Å². The number of anilines is 1. The lowest BCUT2D eigenvalue weighted by Crippen LogP contribution is -2.42. The Morgan fingerprint density at radius 3 is 2.43 bits per heavy atom. The minimum atomic E-state index is -3.21. The Labute approximate surface area is 132 Å². The van der Waals surface area contributed by atoms with E-state index in [1.54, 1.807) is 18.2 Å². The molecule has 0 atom stereocenters. The highest BCUT2D eigenvalue weighted by Crippen LogP contribution is 2.27. The first-order valence-electron chi connectivity index (χ1n) is 7.27. The van der Waals surface area contributed by atoms with Crippen molar-refractivity contribution in [3.63, 3.8) is 0 Å². The number of halogens is 1. The highest BCUT2D eigenvalue weighted by molar-refractivity contribution is 7.90. The van der Waals surface area contributed by atoms with Gasteiger partial charge in [0.1, 0.15) is 0 Å². The number of sulfone groups is 1. The molecule has 1 aromatic carbocycles. The zero-order valence-corrected chi connectivity index (χ0v) is 14.3. The summed E-state index contributed by atoms with van der Waals surface area (Å²) in [5.74, 6) is 0. The second-order valence-electron chi connectivity index (χ2n) is 5.96. The lowest BCUT2D eigenvalue weighted by molar-refractivity contribution is 0.177. The van der Waals surface area contributed by atoms with Crippen LogP contribution in [0, 0.1) is 0 Å². The van der Waals surface area contributed by atoms with Crippen molar-refractivity contribution in [1.29, 1.82) is 0 Å². The summed E-state index contributed by atoms with van der Waals surface area (Å²) in [5, 5.41) is 3.96.